The topological polar surface area (TPSA) is 80.2 Å². The fourth-order valence-corrected chi connectivity index (χ4v) is 2.52. The van der Waals surface area contributed by atoms with E-state index in [0.29, 0.717) is 17.3 Å². The van der Waals surface area contributed by atoms with Gasteiger partial charge in [0, 0.05) is 37.1 Å². The van der Waals surface area contributed by atoms with E-state index in [-0.39, 0.29) is 12.5 Å². The maximum atomic E-state index is 12.2. The van der Waals surface area contributed by atoms with Crippen molar-refractivity contribution in [1.82, 2.24) is 20.3 Å². The summed E-state index contributed by atoms with van der Waals surface area (Å²) in [6.07, 6.45) is 5.66. The SMILES string of the molecule is COc1cc(C(=O)NCc2nccc(N3CCCC3)n2)ccn1. The molecule has 3 heterocycles. The number of nitrogens with one attached hydrogen (secondary N) is 1. The summed E-state index contributed by atoms with van der Waals surface area (Å²) in [4.78, 5) is 27.1. The summed E-state index contributed by atoms with van der Waals surface area (Å²) >= 11 is 0. The summed E-state index contributed by atoms with van der Waals surface area (Å²) in [6.45, 7) is 2.34. The zero-order valence-electron chi connectivity index (χ0n) is 13.0. The maximum Gasteiger partial charge on any atom is 0.251 e. The van der Waals surface area contributed by atoms with Crippen LogP contribution in [0.3, 0.4) is 0 Å². The van der Waals surface area contributed by atoms with Crippen LogP contribution in [0.25, 0.3) is 0 Å². The van der Waals surface area contributed by atoms with Crippen LogP contribution >= 0.6 is 0 Å². The second-order valence-electron chi connectivity index (χ2n) is 5.29. The average molecular weight is 313 g/mol. The molecule has 0 atom stereocenters. The Balaban J connectivity index is 1.63. The van der Waals surface area contributed by atoms with Crippen molar-refractivity contribution in [2.75, 3.05) is 25.1 Å². The Kier molecular flexibility index (Phi) is 4.65. The van der Waals surface area contributed by atoms with Crippen molar-refractivity contribution in [2.45, 2.75) is 19.4 Å². The lowest BCUT2D eigenvalue weighted by Crippen LogP contribution is -2.25. The van der Waals surface area contributed by atoms with Crippen LogP contribution < -0.4 is 15.0 Å². The van der Waals surface area contributed by atoms with Crippen molar-refractivity contribution >= 4 is 11.7 Å². The summed E-state index contributed by atoms with van der Waals surface area (Å²) in [5, 5.41) is 2.82. The van der Waals surface area contributed by atoms with E-state index in [1.165, 1.54) is 26.1 Å². The molecule has 0 aromatic carbocycles. The van der Waals surface area contributed by atoms with Crippen molar-refractivity contribution in [2.24, 2.45) is 0 Å². The summed E-state index contributed by atoms with van der Waals surface area (Å²) in [6, 6.07) is 5.14. The van der Waals surface area contributed by atoms with Crippen LogP contribution in [-0.4, -0.2) is 41.1 Å². The van der Waals surface area contributed by atoms with Gasteiger partial charge in [0.25, 0.3) is 5.91 Å². The molecule has 3 rings (SSSR count). The number of pyridine rings is 1. The Morgan fingerprint density at radius 2 is 2.04 bits per heavy atom. The molecule has 7 heteroatoms. The highest BCUT2D eigenvalue weighted by molar-refractivity contribution is 5.94. The molecule has 0 aliphatic carbocycles. The van der Waals surface area contributed by atoms with Gasteiger partial charge in [0.2, 0.25) is 5.88 Å². The van der Waals surface area contributed by atoms with E-state index in [1.54, 1.807) is 18.3 Å². The minimum absolute atomic E-state index is 0.208. The number of nitrogens with zero attached hydrogens (tertiary/aromatic N) is 4. The van der Waals surface area contributed by atoms with Crippen molar-refractivity contribution in [3.8, 4) is 5.88 Å². The van der Waals surface area contributed by atoms with Gasteiger partial charge in [-0.3, -0.25) is 4.79 Å². The zero-order valence-corrected chi connectivity index (χ0v) is 13.0. The van der Waals surface area contributed by atoms with Crippen LogP contribution in [0.4, 0.5) is 5.82 Å². The number of amides is 1. The fourth-order valence-electron chi connectivity index (χ4n) is 2.52. The van der Waals surface area contributed by atoms with E-state index < -0.39 is 0 Å². The molecule has 0 unspecified atom stereocenters. The molecule has 2 aromatic rings. The Morgan fingerprint density at radius 3 is 2.83 bits per heavy atom. The van der Waals surface area contributed by atoms with Gasteiger partial charge in [0.1, 0.15) is 11.6 Å². The van der Waals surface area contributed by atoms with Gasteiger partial charge >= 0.3 is 0 Å². The number of ether oxygens (including phenoxy) is 1. The maximum absolute atomic E-state index is 12.2. The van der Waals surface area contributed by atoms with E-state index in [1.807, 2.05) is 6.07 Å². The first-order valence-electron chi connectivity index (χ1n) is 7.61. The molecule has 1 N–H and O–H groups in total. The third-order valence-electron chi connectivity index (χ3n) is 3.73. The molecule has 0 spiro atoms. The lowest BCUT2D eigenvalue weighted by atomic mass is 10.2. The predicted octanol–water partition coefficient (Wildman–Crippen LogP) is 1.41. The van der Waals surface area contributed by atoms with Gasteiger partial charge in [0.05, 0.1) is 13.7 Å². The van der Waals surface area contributed by atoms with Crippen molar-refractivity contribution in [3.05, 3.63) is 42.0 Å². The van der Waals surface area contributed by atoms with Crippen molar-refractivity contribution in [3.63, 3.8) is 0 Å². The number of aromatic nitrogens is 3. The zero-order chi connectivity index (χ0) is 16.1. The molecular weight excluding hydrogens is 294 g/mol. The second kappa shape index (κ2) is 7.04. The van der Waals surface area contributed by atoms with Crippen LogP contribution in [0.1, 0.15) is 29.0 Å². The lowest BCUT2D eigenvalue weighted by Gasteiger charge is -2.16. The number of anilines is 1. The number of hydrogen-bond donors (Lipinski definition) is 1. The van der Waals surface area contributed by atoms with Gasteiger partial charge < -0.3 is 15.0 Å². The van der Waals surface area contributed by atoms with Crippen LogP contribution in [0.15, 0.2) is 30.6 Å². The number of carbonyl (C=O) groups excluding carboxylic acids is 1. The van der Waals surface area contributed by atoms with Crippen LogP contribution in [0, 0.1) is 0 Å². The van der Waals surface area contributed by atoms with Gasteiger partial charge in [-0.05, 0) is 25.0 Å². The molecule has 1 amide bonds. The standard InChI is InChI=1S/C16H19N5O2/c1-23-15-10-12(4-6-18-15)16(22)19-11-13-17-7-5-14(20-13)21-8-2-3-9-21/h4-7,10H,2-3,8-9,11H2,1H3,(H,19,22). The van der Waals surface area contributed by atoms with Gasteiger partial charge in [-0.2, -0.15) is 0 Å². The third-order valence-corrected chi connectivity index (χ3v) is 3.73. The Morgan fingerprint density at radius 1 is 1.26 bits per heavy atom. The first-order valence-corrected chi connectivity index (χ1v) is 7.61. The molecule has 2 aromatic heterocycles. The Hall–Kier alpha value is -2.70. The molecular formula is C16H19N5O2. The molecule has 120 valence electrons. The molecule has 1 fully saturated rings. The number of hydrogen-bond acceptors (Lipinski definition) is 6. The Bertz CT molecular complexity index is 686. The minimum Gasteiger partial charge on any atom is -0.481 e. The smallest absolute Gasteiger partial charge is 0.251 e. The molecule has 0 bridgehead atoms. The van der Waals surface area contributed by atoms with Crippen LogP contribution in [0.5, 0.6) is 5.88 Å². The second-order valence-corrected chi connectivity index (χ2v) is 5.29. The van der Waals surface area contributed by atoms with Crippen molar-refractivity contribution in [1.29, 1.82) is 0 Å². The molecule has 7 nitrogen and oxygen atoms in total. The number of methoxy groups -OCH3 is 1. The predicted molar refractivity (Wildman–Crippen MR) is 85.4 cm³/mol. The molecule has 23 heavy (non-hydrogen) atoms. The first-order chi connectivity index (χ1) is 11.3. The average Bonchev–Trinajstić information content (AvgIpc) is 3.14. The summed E-state index contributed by atoms with van der Waals surface area (Å²) < 4.78 is 5.02. The monoisotopic (exact) mass is 313 g/mol. The van der Waals surface area contributed by atoms with Crippen molar-refractivity contribution < 1.29 is 9.53 Å². The van der Waals surface area contributed by atoms with E-state index in [0.717, 1.165) is 18.9 Å². The molecule has 0 radical (unpaired) electrons. The van der Waals surface area contributed by atoms with E-state index in [4.69, 9.17) is 4.74 Å². The number of rotatable bonds is 5. The minimum atomic E-state index is -0.208. The van der Waals surface area contributed by atoms with E-state index >= 15 is 0 Å². The first kappa shape index (κ1) is 15.2. The fraction of sp³-hybridized carbons (Fsp3) is 0.375. The van der Waals surface area contributed by atoms with E-state index in [9.17, 15) is 4.79 Å². The number of carbonyl (C=O) groups is 1. The quantitative estimate of drug-likeness (QED) is 0.899. The van der Waals surface area contributed by atoms with Gasteiger partial charge in [-0.25, -0.2) is 15.0 Å². The van der Waals surface area contributed by atoms with Crippen LogP contribution in [0.2, 0.25) is 0 Å². The highest BCUT2D eigenvalue weighted by Crippen LogP contribution is 2.16. The molecule has 1 saturated heterocycles. The summed E-state index contributed by atoms with van der Waals surface area (Å²) in [7, 11) is 1.52. The summed E-state index contributed by atoms with van der Waals surface area (Å²) in [5.41, 5.74) is 0.493. The third kappa shape index (κ3) is 3.74. The lowest BCUT2D eigenvalue weighted by molar-refractivity contribution is 0.0949. The highest BCUT2D eigenvalue weighted by Gasteiger charge is 2.14. The van der Waals surface area contributed by atoms with Gasteiger partial charge in [-0.15, -0.1) is 0 Å². The summed E-state index contributed by atoms with van der Waals surface area (Å²) in [5.74, 6) is 1.72. The van der Waals surface area contributed by atoms with E-state index in [2.05, 4.69) is 25.2 Å². The largest absolute Gasteiger partial charge is 0.481 e. The molecule has 0 saturated carbocycles. The highest BCUT2D eigenvalue weighted by atomic mass is 16.5. The van der Waals surface area contributed by atoms with Crippen LogP contribution in [-0.2, 0) is 6.54 Å². The molecule has 1 aliphatic rings. The van der Waals surface area contributed by atoms with Gasteiger partial charge in [0.15, 0.2) is 0 Å². The molecule has 1 aliphatic heterocycles. The van der Waals surface area contributed by atoms with Gasteiger partial charge in [-0.1, -0.05) is 0 Å². The normalized spacial score (nSPS) is 13.9. The Labute approximate surface area is 134 Å².